The summed E-state index contributed by atoms with van der Waals surface area (Å²) in [4.78, 5) is 1.26. The molecule has 2 aromatic heterocycles. The lowest BCUT2D eigenvalue weighted by Crippen LogP contribution is -1.91. The number of hydrogen-bond acceptors (Lipinski definition) is 2. The Balaban J connectivity index is 3.11. The lowest BCUT2D eigenvalue weighted by atomic mass is 10.3. The fourth-order valence-electron chi connectivity index (χ4n) is 1.48. The summed E-state index contributed by atoms with van der Waals surface area (Å²) in [6.07, 6.45) is 0. The van der Waals surface area contributed by atoms with Gasteiger partial charge in [-0.2, -0.15) is 0 Å². The molecule has 0 radical (unpaired) electrons. The van der Waals surface area contributed by atoms with E-state index in [0.717, 1.165) is 4.77 Å². The first-order valence-electron chi connectivity index (χ1n) is 3.72. The first-order chi connectivity index (χ1) is 5.63. The summed E-state index contributed by atoms with van der Waals surface area (Å²) < 4.78 is 5.01. The fraction of sp³-hybridized carbons (Fsp3) is 0.375. The molecule has 2 heterocycles. The van der Waals surface area contributed by atoms with Crippen LogP contribution in [0.1, 0.15) is 5.56 Å². The summed E-state index contributed by atoms with van der Waals surface area (Å²) >= 11 is 6.99. The van der Waals surface area contributed by atoms with Gasteiger partial charge in [-0.3, -0.25) is 0 Å². The molecule has 2 nitrogen and oxygen atoms in total. The van der Waals surface area contributed by atoms with E-state index in [9.17, 15) is 0 Å². The molecule has 0 aliphatic heterocycles. The van der Waals surface area contributed by atoms with Gasteiger partial charge in [-0.1, -0.05) is 0 Å². The minimum atomic E-state index is 0.889. The van der Waals surface area contributed by atoms with E-state index in [2.05, 4.69) is 21.4 Å². The van der Waals surface area contributed by atoms with Gasteiger partial charge in [0.05, 0.1) is 5.52 Å². The summed E-state index contributed by atoms with van der Waals surface area (Å²) in [5.41, 5.74) is 2.58. The molecule has 0 bridgehead atoms. The first-order valence-corrected chi connectivity index (χ1v) is 5.01. The highest BCUT2D eigenvalue weighted by molar-refractivity contribution is 7.71. The van der Waals surface area contributed by atoms with Gasteiger partial charge in [-0.15, -0.1) is 11.3 Å². The van der Waals surface area contributed by atoms with Crippen molar-refractivity contribution in [3.8, 4) is 0 Å². The molecule has 12 heavy (non-hydrogen) atoms. The second-order valence-electron chi connectivity index (χ2n) is 2.97. The zero-order valence-electron chi connectivity index (χ0n) is 7.29. The highest BCUT2D eigenvalue weighted by atomic mass is 32.1. The van der Waals surface area contributed by atoms with Crippen molar-refractivity contribution in [1.29, 1.82) is 0 Å². The van der Waals surface area contributed by atoms with Crippen LogP contribution in [0.4, 0.5) is 0 Å². The van der Waals surface area contributed by atoms with Crippen LogP contribution in [0.15, 0.2) is 5.38 Å². The molecule has 0 spiro atoms. The predicted octanol–water partition coefficient (Wildman–Crippen LogP) is 2.62. The zero-order chi connectivity index (χ0) is 8.88. The Labute approximate surface area is 80.1 Å². The van der Waals surface area contributed by atoms with Gasteiger partial charge in [-0.25, -0.2) is 0 Å². The van der Waals surface area contributed by atoms with Gasteiger partial charge in [0.1, 0.15) is 4.83 Å². The summed E-state index contributed by atoms with van der Waals surface area (Å²) in [5, 5.41) is 2.17. The third-order valence-corrected chi connectivity index (χ3v) is 3.85. The van der Waals surface area contributed by atoms with Gasteiger partial charge in [0, 0.05) is 14.1 Å². The Bertz CT molecular complexity index is 487. The molecular formula is C8H10N2S2. The fourth-order valence-corrected chi connectivity index (χ4v) is 2.77. The number of fused-ring (bicyclic) bond motifs is 1. The quantitative estimate of drug-likeness (QED) is 0.592. The van der Waals surface area contributed by atoms with E-state index < -0.39 is 0 Å². The van der Waals surface area contributed by atoms with E-state index in [1.54, 1.807) is 11.3 Å². The molecule has 0 atom stereocenters. The van der Waals surface area contributed by atoms with Crippen LogP contribution in [-0.4, -0.2) is 9.13 Å². The van der Waals surface area contributed by atoms with Crippen molar-refractivity contribution in [2.45, 2.75) is 6.92 Å². The average Bonchev–Trinajstić information content (AvgIpc) is 2.51. The van der Waals surface area contributed by atoms with Gasteiger partial charge < -0.3 is 9.13 Å². The third kappa shape index (κ3) is 0.820. The normalized spacial score (nSPS) is 11.2. The Morgan fingerprint density at radius 2 is 2.00 bits per heavy atom. The minimum Gasteiger partial charge on any atom is -0.319 e. The van der Waals surface area contributed by atoms with E-state index in [4.69, 9.17) is 12.2 Å². The molecule has 0 amide bonds. The zero-order valence-corrected chi connectivity index (χ0v) is 8.92. The molecule has 0 aliphatic carbocycles. The van der Waals surface area contributed by atoms with E-state index in [0.29, 0.717) is 0 Å². The van der Waals surface area contributed by atoms with Crippen molar-refractivity contribution < 1.29 is 0 Å². The Kier molecular flexibility index (Phi) is 1.63. The topological polar surface area (TPSA) is 9.86 Å². The molecule has 0 saturated carbocycles. The molecule has 0 unspecified atom stereocenters. The Morgan fingerprint density at radius 3 is 2.58 bits per heavy atom. The maximum absolute atomic E-state index is 5.24. The van der Waals surface area contributed by atoms with E-state index in [1.807, 2.05) is 14.1 Å². The second-order valence-corrected chi connectivity index (χ2v) is 4.20. The monoisotopic (exact) mass is 198 g/mol. The Morgan fingerprint density at radius 1 is 1.33 bits per heavy atom. The van der Waals surface area contributed by atoms with Crippen LogP contribution in [0.2, 0.25) is 0 Å². The van der Waals surface area contributed by atoms with Crippen molar-refractivity contribution >= 4 is 33.9 Å². The summed E-state index contributed by atoms with van der Waals surface area (Å²) in [6.45, 7) is 2.12. The standard InChI is InChI=1S/C8H10N2S2/c1-5-4-12-7-6(5)9(2)8(11)10(7)3/h4H,1-3H3. The molecule has 2 rings (SSSR count). The van der Waals surface area contributed by atoms with E-state index in [1.165, 1.54) is 15.9 Å². The summed E-state index contributed by atoms with van der Waals surface area (Å²) in [5.74, 6) is 0. The molecule has 64 valence electrons. The minimum absolute atomic E-state index is 0.889. The molecule has 4 heteroatoms. The SMILES string of the molecule is Cc1csc2c1n(C)c(=S)n2C. The maximum Gasteiger partial charge on any atom is 0.180 e. The largest absolute Gasteiger partial charge is 0.319 e. The lowest BCUT2D eigenvalue weighted by Gasteiger charge is -1.91. The van der Waals surface area contributed by atoms with Crippen LogP contribution in [-0.2, 0) is 14.1 Å². The number of thiophene rings is 1. The van der Waals surface area contributed by atoms with Crippen molar-refractivity contribution in [2.75, 3.05) is 0 Å². The van der Waals surface area contributed by atoms with Crippen molar-refractivity contribution in [3.05, 3.63) is 15.7 Å². The average molecular weight is 198 g/mol. The van der Waals surface area contributed by atoms with Gasteiger partial charge in [-0.05, 0) is 30.1 Å². The highest BCUT2D eigenvalue weighted by Crippen LogP contribution is 2.25. The van der Waals surface area contributed by atoms with Crippen LogP contribution in [0.5, 0.6) is 0 Å². The van der Waals surface area contributed by atoms with E-state index >= 15 is 0 Å². The van der Waals surface area contributed by atoms with Crippen LogP contribution < -0.4 is 0 Å². The van der Waals surface area contributed by atoms with Gasteiger partial charge in [0.2, 0.25) is 0 Å². The molecule has 0 fully saturated rings. The molecule has 2 aromatic rings. The summed E-state index contributed by atoms with van der Waals surface area (Å²) in [7, 11) is 4.03. The van der Waals surface area contributed by atoms with Crippen LogP contribution >= 0.6 is 23.6 Å². The second kappa shape index (κ2) is 2.44. The first kappa shape index (κ1) is 8.01. The van der Waals surface area contributed by atoms with Crippen LogP contribution in [0, 0.1) is 11.7 Å². The van der Waals surface area contributed by atoms with Gasteiger partial charge in [0.15, 0.2) is 4.77 Å². The van der Waals surface area contributed by atoms with Crippen molar-refractivity contribution in [3.63, 3.8) is 0 Å². The molecule has 0 N–H and O–H groups in total. The molecule has 0 aliphatic rings. The number of rotatable bonds is 0. The van der Waals surface area contributed by atoms with Crippen LogP contribution in [0.25, 0.3) is 10.3 Å². The molecule has 0 saturated heterocycles. The van der Waals surface area contributed by atoms with E-state index in [-0.39, 0.29) is 0 Å². The van der Waals surface area contributed by atoms with Crippen molar-refractivity contribution in [2.24, 2.45) is 14.1 Å². The molecular weight excluding hydrogens is 188 g/mol. The van der Waals surface area contributed by atoms with Crippen molar-refractivity contribution in [1.82, 2.24) is 9.13 Å². The number of imidazole rings is 1. The smallest absolute Gasteiger partial charge is 0.180 e. The summed E-state index contributed by atoms with van der Waals surface area (Å²) in [6, 6.07) is 0. The van der Waals surface area contributed by atoms with Gasteiger partial charge >= 0.3 is 0 Å². The predicted molar refractivity (Wildman–Crippen MR) is 55.3 cm³/mol. The van der Waals surface area contributed by atoms with Gasteiger partial charge in [0.25, 0.3) is 0 Å². The van der Waals surface area contributed by atoms with Crippen LogP contribution in [0.3, 0.4) is 0 Å². The highest BCUT2D eigenvalue weighted by Gasteiger charge is 2.08. The number of aromatic nitrogens is 2. The number of aryl methyl sites for hydroxylation is 3. The lowest BCUT2D eigenvalue weighted by molar-refractivity contribution is 0.834. The third-order valence-electron chi connectivity index (χ3n) is 2.14. The molecule has 0 aromatic carbocycles. The number of nitrogens with zero attached hydrogens (tertiary/aromatic N) is 2. The Hall–Kier alpha value is -0.610. The maximum atomic E-state index is 5.24. The number of hydrogen-bond donors (Lipinski definition) is 0.